The van der Waals surface area contributed by atoms with Crippen LogP contribution in [0.4, 0.5) is 0 Å². The molecule has 0 bridgehead atoms. The SMILES string of the molecule is COC(=O)C(Cc1cn(C)nc1C)NC(=O)C(n1cc(CNC2CCN(C)CC2)nn1)C(C)(C)C. The maximum Gasteiger partial charge on any atom is 0.328 e. The third kappa shape index (κ3) is 7.11. The minimum Gasteiger partial charge on any atom is -0.467 e. The number of rotatable bonds is 9. The molecule has 3 rings (SSSR count). The third-order valence-electron chi connectivity index (χ3n) is 6.52. The number of piperidine rings is 1. The number of amides is 1. The van der Waals surface area contributed by atoms with Gasteiger partial charge in [-0.2, -0.15) is 5.10 Å². The number of nitrogens with zero attached hydrogens (tertiary/aromatic N) is 6. The van der Waals surface area contributed by atoms with Crippen LogP contribution in [0.25, 0.3) is 0 Å². The van der Waals surface area contributed by atoms with E-state index in [1.165, 1.54) is 7.11 Å². The van der Waals surface area contributed by atoms with Gasteiger partial charge in [0.1, 0.15) is 12.1 Å². The lowest BCUT2D eigenvalue weighted by molar-refractivity contribution is -0.146. The molecule has 194 valence electrons. The third-order valence-corrected chi connectivity index (χ3v) is 6.52. The highest BCUT2D eigenvalue weighted by molar-refractivity contribution is 5.87. The van der Waals surface area contributed by atoms with Gasteiger partial charge in [-0.05, 0) is 50.9 Å². The molecule has 1 fully saturated rings. The van der Waals surface area contributed by atoms with Crippen molar-refractivity contribution >= 4 is 11.9 Å². The summed E-state index contributed by atoms with van der Waals surface area (Å²) in [4.78, 5) is 28.4. The Bertz CT molecular complexity index is 1000. The molecule has 2 atom stereocenters. The van der Waals surface area contributed by atoms with E-state index in [0.29, 0.717) is 12.6 Å². The topological polar surface area (TPSA) is 119 Å². The molecule has 2 aromatic rings. The largest absolute Gasteiger partial charge is 0.467 e. The average Bonchev–Trinajstić information content (AvgIpc) is 3.36. The molecule has 2 aromatic heterocycles. The van der Waals surface area contributed by atoms with Gasteiger partial charge < -0.3 is 20.3 Å². The summed E-state index contributed by atoms with van der Waals surface area (Å²) in [6.45, 7) is 10.5. The minimum atomic E-state index is -0.839. The van der Waals surface area contributed by atoms with Gasteiger partial charge in [0.25, 0.3) is 0 Å². The Balaban J connectivity index is 1.71. The molecule has 1 aliphatic heterocycles. The Morgan fingerprint density at radius 1 is 1.20 bits per heavy atom. The van der Waals surface area contributed by atoms with Crippen LogP contribution >= 0.6 is 0 Å². The normalized spacial score (nSPS) is 17.2. The van der Waals surface area contributed by atoms with Crippen molar-refractivity contribution in [3.8, 4) is 0 Å². The number of esters is 1. The van der Waals surface area contributed by atoms with Crippen molar-refractivity contribution in [1.29, 1.82) is 0 Å². The number of aryl methyl sites for hydroxylation is 2. The smallest absolute Gasteiger partial charge is 0.328 e. The zero-order valence-corrected chi connectivity index (χ0v) is 22.0. The number of likely N-dealkylation sites (tertiary alicyclic amines) is 1. The van der Waals surface area contributed by atoms with Crippen molar-refractivity contribution in [2.75, 3.05) is 27.2 Å². The van der Waals surface area contributed by atoms with Gasteiger partial charge in [-0.1, -0.05) is 26.0 Å². The molecule has 35 heavy (non-hydrogen) atoms. The van der Waals surface area contributed by atoms with Crippen LogP contribution in [0, 0.1) is 12.3 Å². The Morgan fingerprint density at radius 2 is 1.89 bits per heavy atom. The lowest BCUT2D eigenvalue weighted by Gasteiger charge is -2.30. The van der Waals surface area contributed by atoms with Crippen molar-refractivity contribution in [3.63, 3.8) is 0 Å². The number of hydrogen-bond donors (Lipinski definition) is 2. The van der Waals surface area contributed by atoms with Crippen LogP contribution < -0.4 is 10.6 Å². The van der Waals surface area contributed by atoms with Crippen LogP contribution in [0.2, 0.25) is 0 Å². The molecule has 3 heterocycles. The first-order chi connectivity index (χ1) is 16.5. The second-order valence-electron chi connectivity index (χ2n) is 10.6. The molecular formula is C24H40N8O3. The zero-order valence-electron chi connectivity index (χ0n) is 22.0. The zero-order chi connectivity index (χ0) is 25.8. The van der Waals surface area contributed by atoms with E-state index in [4.69, 9.17) is 4.74 Å². The van der Waals surface area contributed by atoms with E-state index < -0.39 is 23.5 Å². The Morgan fingerprint density at radius 3 is 2.46 bits per heavy atom. The summed E-state index contributed by atoms with van der Waals surface area (Å²) in [5, 5.41) is 19.4. The molecule has 2 N–H and O–H groups in total. The fraction of sp³-hybridized carbons (Fsp3) is 0.708. The van der Waals surface area contributed by atoms with E-state index in [1.54, 1.807) is 9.36 Å². The summed E-state index contributed by atoms with van der Waals surface area (Å²) < 4.78 is 8.27. The van der Waals surface area contributed by atoms with Crippen LogP contribution in [-0.4, -0.2) is 80.9 Å². The van der Waals surface area contributed by atoms with E-state index in [0.717, 1.165) is 42.9 Å². The average molecular weight is 489 g/mol. The van der Waals surface area contributed by atoms with Crippen LogP contribution in [0.1, 0.15) is 56.6 Å². The van der Waals surface area contributed by atoms with E-state index in [-0.39, 0.29) is 12.3 Å². The van der Waals surface area contributed by atoms with Gasteiger partial charge in [-0.3, -0.25) is 9.48 Å². The summed E-state index contributed by atoms with van der Waals surface area (Å²) in [6, 6.07) is -1.04. The van der Waals surface area contributed by atoms with Crippen molar-refractivity contribution in [3.05, 3.63) is 29.3 Å². The quantitative estimate of drug-likeness (QED) is 0.502. The van der Waals surface area contributed by atoms with E-state index >= 15 is 0 Å². The number of ether oxygens (including phenoxy) is 1. The van der Waals surface area contributed by atoms with Gasteiger partial charge in [-0.25, -0.2) is 9.48 Å². The lowest BCUT2D eigenvalue weighted by Crippen LogP contribution is -2.48. The first-order valence-electron chi connectivity index (χ1n) is 12.2. The molecule has 1 saturated heterocycles. The molecule has 0 spiro atoms. The van der Waals surface area contributed by atoms with E-state index in [2.05, 4.69) is 38.0 Å². The van der Waals surface area contributed by atoms with Gasteiger partial charge in [0.2, 0.25) is 5.91 Å². The maximum atomic E-state index is 13.5. The van der Waals surface area contributed by atoms with Crippen LogP contribution in [0.5, 0.6) is 0 Å². The standard InChI is InChI=1S/C24H40N8O3/c1-16-17(14-31(6)28-16)12-20(23(34)35-7)26-22(33)21(24(2,3)4)32-15-19(27-29-32)13-25-18-8-10-30(5)11-9-18/h14-15,18,20-21,25H,8-13H2,1-7H3,(H,26,33). The summed E-state index contributed by atoms with van der Waals surface area (Å²) in [6.07, 6.45) is 6.15. The van der Waals surface area contributed by atoms with Crippen LogP contribution in [0.15, 0.2) is 12.4 Å². The fourth-order valence-corrected chi connectivity index (χ4v) is 4.55. The van der Waals surface area contributed by atoms with Crippen molar-refractivity contribution in [2.24, 2.45) is 12.5 Å². The predicted molar refractivity (Wildman–Crippen MR) is 131 cm³/mol. The Labute approximate surface area is 207 Å². The monoisotopic (exact) mass is 488 g/mol. The summed E-state index contributed by atoms with van der Waals surface area (Å²) in [5.74, 6) is -0.815. The predicted octanol–water partition coefficient (Wildman–Crippen LogP) is 0.992. The number of methoxy groups -OCH3 is 1. The molecule has 1 amide bonds. The maximum absolute atomic E-state index is 13.5. The molecule has 11 heteroatoms. The van der Waals surface area contributed by atoms with E-state index in [1.807, 2.05) is 47.1 Å². The highest BCUT2D eigenvalue weighted by atomic mass is 16.5. The van der Waals surface area contributed by atoms with Gasteiger partial charge in [0, 0.05) is 32.3 Å². The molecule has 0 saturated carbocycles. The summed E-state index contributed by atoms with van der Waals surface area (Å²) >= 11 is 0. The van der Waals surface area contributed by atoms with Crippen molar-refractivity contribution in [1.82, 2.24) is 40.3 Å². The van der Waals surface area contributed by atoms with Crippen LogP contribution in [0.3, 0.4) is 0 Å². The van der Waals surface area contributed by atoms with Crippen molar-refractivity contribution < 1.29 is 14.3 Å². The number of carbonyl (C=O) groups excluding carboxylic acids is 2. The molecule has 11 nitrogen and oxygen atoms in total. The van der Waals surface area contributed by atoms with Gasteiger partial charge >= 0.3 is 5.97 Å². The van der Waals surface area contributed by atoms with Gasteiger partial charge in [-0.15, -0.1) is 5.10 Å². The fourth-order valence-electron chi connectivity index (χ4n) is 4.55. The highest BCUT2D eigenvalue weighted by Gasteiger charge is 2.36. The second kappa shape index (κ2) is 11.3. The molecule has 0 aliphatic carbocycles. The first-order valence-corrected chi connectivity index (χ1v) is 12.2. The van der Waals surface area contributed by atoms with Gasteiger partial charge in [0.05, 0.1) is 24.7 Å². The van der Waals surface area contributed by atoms with Crippen molar-refractivity contribution in [2.45, 2.75) is 71.6 Å². The molecule has 1 aliphatic rings. The number of carbonyl (C=O) groups is 2. The first kappa shape index (κ1) is 26.8. The summed E-state index contributed by atoms with van der Waals surface area (Å²) in [7, 11) is 5.28. The molecule has 0 aromatic carbocycles. The minimum absolute atomic E-state index is 0.290. The van der Waals surface area contributed by atoms with E-state index in [9.17, 15) is 9.59 Å². The summed E-state index contributed by atoms with van der Waals surface area (Å²) in [5.41, 5.74) is 1.99. The van der Waals surface area contributed by atoms with Gasteiger partial charge in [0.15, 0.2) is 0 Å². The lowest BCUT2D eigenvalue weighted by atomic mass is 9.86. The number of nitrogens with one attached hydrogen (secondary N) is 2. The number of hydrogen-bond acceptors (Lipinski definition) is 8. The number of aromatic nitrogens is 5. The Hall–Kier alpha value is -2.79. The highest BCUT2D eigenvalue weighted by Crippen LogP contribution is 2.30. The Kier molecular flexibility index (Phi) is 8.65. The second-order valence-corrected chi connectivity index (χ2v) is 10.6. The molecular weight excluding hydrogens is 448 g/mol. The van der Waals surface area contributed by atoms with Crippen LogP contribution in [-0.2, 0) is 34.3 Å². The molecule has 2 unspecified atom stereocenters. The molecule has 0 radical (unpaired) electrons.